The Morgan fingerprint density at radius 2 is 1.48 bits per heavy atom. The minimum absolute atomic E-state index is 0.129. The maximum absolute atomic E-state index is 11.9. The van der Waals surface area contributed by atoms with Crippen molar-refractivity contribution in [3.05, 3.63) is 107 Å². The van der Waals surface area contributed by atoms with E-state index in [1.54, 1.807) is 6.07 Å². The molecule has 0 aliphatic carbocycles. The summed E-state index contributed by atoms with van der Waals surface area (Å²) in [6.07, 6.45) is 0. The van der Waals surface area contributed by atoms with Crippen LogP contribution in [0.5, 0.6) is 0 Å². The van der Waals surface area contributed by atoms with Crippen molar-refractivity contribution in [1.29, 1.82) is 0 Å². The number of para-hydroxylation sites is 1. The van der Waals surface area contributed by atoms with E-state index in [-0.39, 0.29) is 6.04 Å². The van der Waals surface area contributed by atoms with E-state index in [2.05, 4.69) is 46.2 Å². The summed E-state index contributed by atoms with van der Waals surface area (Å²) < 4.78 is 0. The van der Waals surface area contributed by atoms with Crippen LogP contribution in [0.4, 0.5) is 5.82 Å². The van der Waals surface area contributed by atoms with Crippen molar-refractivity contribution in [2.24, 2.45) is 0 Å². The van der Waals surface area contributed by atoms with Gasteiger partial charge in [0.2, 0.25) is 0 Å². The molecule has 4 aromatic rings. The molecule has 33 heavy (non-hydrogen) atoms. The Balaban J connectivity index is 1.41. The molecule has 3 aromatic carbocycles. The van der Waals surface area contributed by atoms with Crippen molar-refractivity contribution in [2.75, 3.05) is 31.1 Å². The molecule has 0 unspecified atom stereocenters. The quantitative estimate of drug-likeness (QED) is 0.429. The van der Waals surface area contributed by atoms with Gasteiger partial charge in [0.15, 0.2) is 0 Å². The molecular weight excluding hydrogens is 434 g/mol. The predicted octanol–water partition coefficient (Wildman–Crippen LogP) is 5.50. The number of hydrogen-bond donors (Lipinski definition) is 1. The van der Waals surface area contributed by atoms with Crippen molar-refractivity contribution in [3.8, 4) is 0 Å². The molecular formula is C27H24ClN3O2. The Bertz CT molecular complexity index is 1270. The molecule has 5 nitrogen and oxygen atoms in total. The van der Waals surface area contributed by atoms with Crippen LogP contribution in [0, 0.1) is 0 Å². The number of aromatic nitrogens is 1. The highest BCUT2D eigenvalue weighted by atomic mass is 35.5. The summed E-state index contributed by atoms with van der Waals surface area (Å²) in [5, 5.41) is 11.1. The highest BCUT2D eigenvalue weighted by molar-refractivity contribution is 6.30. The number of anilines is 1. The number of fused-ring (bicyclic) bond motifs is 1. The Labute approximate surface area is 197 Å². The summed E-state index contributed by atoms with van der Waals surface area (Å²) >= 11 is 6.14. The van der Waals surface area contributed by atoms with Gasteiger partial charge in [-0.15, -0.1) is 0 Å². The van der Waals surface area contributed by atoms with E-state index in [1.165, 1.54) is 11.1 Å². The third kappa shape index (κ3) is 4.42. The largest absolute Gasteiger partial charge is 0.478 e. The number of benzene rings is 3. The number of piperazine rings is 1. The second-order valence-electron chi connectivity index (χ2n) is 8.24. The predicted molar refractivity (Wildman–Crippen MR) is 132 cm³/mol. The van der Waals surface area contributed by atoms with E-state index in [0.29, 0.717) is 22.3 Å². The second kappa shape index (κ2) is 9.22. The molecule has 5 rings (SSSR count). The van der Waals surface area contributed by atoms with Gasteiger partial charge in [0.1, 0.15) is 5.82 Å². The van der Waals surface area contributed by atoms with Crippen LogP contribution in [0.25, 0.3) is 10.9 Å². The van der Waals surface area contributed by atoms with Crippen molar-refractivity contribution < 1.29 is 9.90 Å². The molecule has 0 bridgehead atoms. The Hall–Kier alpha value is -3.41. The molecule has 166 valence electrons. The molecule has 1 aliphatic rings. The molecule has 1 N–H and O–H groups in total. The number of carboxylic acid groups (broad SMARTS) is 1. The molecule has 0 spiro atoms. The topological polar surface area (TPSA) is 56.7 Å². The van der Waals surface area contributed by atoms with Gasteiger partial charge in [0, 0.05) is 36.6 Å². The first kappa shape index (κ1) is 21.4. The van der Waals surface area contributed by atoms with Crippen LogP contribution in [0.3, 0.4) is 0 Å². The van der Waals surface area contributed by atoms with Gasteiger partial charge in [-0.25, -0.2) is 9.78 Å². The van der Waals surface area contributed by atoms with Crippen molar-refractivity contribution >= 4 is 34.3 Å². The van der Waals surface area contributed by atoms with E-state index < -0.39 is 5.97 Å². The number of pyridine rings is 1. The van der Waals surface area contributed by atoms with E-state index in [4.69, 9.17) is 16.6 Å². The fraction of sp³-hybridized carbons (Fsp3) is 0.185. The fourth-order valence-corrected chi connectivity index (χ4v) is 4.73. The Morgan fingerprint density at radius 1 is 0.848 bits per heavy atom. The number of halogens is 1. The zero-order valence-electron chi connectivity index (χ0n) is 18.1. The zero-order chi connectivity index (χ0) is 22.8. The summed E-state index contributed by atoms with van der Waals surface area (Å²) in [7, 11) is 0. The molecule has 2 heterocycles. The van der Waals surface area contributed by atoms with Gasteiger partial charge in [-0.1, -0.05) is 72.3 Å². The Kier molecular flexibility index (Phi) is 5.99. The summed E-state index contributed by atoms with van der Waals surface area (Å²) in [6, 6.07) is 27.8. The van der Waals surface area contributed by atoms with Crippen molar-refractivity contribution in [2.45, 2.75) is 6.04 Å². The van der Waals surface area contributed by atoms with Crippen LogP contribution in [-0.2, 0) is 0 Å². The van der Waals surface area contributed by atoms with Gasteiger partial charge in [-0.3, -0.25) is 4.90 Å². The van der Waals surface area contributed by atoms with Crippen LogP contribution < -0.4 is 4.90 Å². The highest BCUT2D eigenvalue weighted by Crippen LogP contribution is 2.31. The van der Waals surface area contributed by atoms with Gasteiger partial charge in [-0.2, -0.15) is 0 Å². The van der Waals surface area contributed by atoms with Crippen LogP contribution in [0.1, 0.15) is 27.5 Å². The van der Waals surface area contributed by atoms with Crippen molar-refractivity contribution in [3.63, 3.8) is 0 Å². The average Bonchev–Trinajstić information content (AvgIpc) is 2.86. The third-order valence-electron chi connectivity index (χ3n) is 6.24. The van der Waals surface area contributed by atoms with Gasteiger partial charge in [0.05, 0.1) is 17.1 Å². The lowest BCUT2D eigenvalue weighted by atomic mass is 9.96. The monoisotopic (exact) mass is 457 g/mol. The number of carbonyl (C=O) groups is 1. The normalized spacial score (nSPS) is 15.5. The Morgan fingerprint density at radius 3 is 2.18 bits per heavy atom. The fourth-order valence-electron chi connectivity index (χ4n) is 4.60. The molecule has 0 radical (unpaired) electrons. The second-order valence-corrected chi connectivity index (χ2v) is 8.67. The molecule has 6 heteroatoms. The van der Waals surface area contributed by atoms with E-state index in [9.17, 15) is 9.90 Å². The smallest absolute Gasteiger partial charge is 0.336 e. The number of carboxylic acids is 1. The number of nitrogens with zero attached hydrogens (tertiary/aromatic N) is 3. The zero-order valence-corrected chi connectivity index (χ0v) is 18.8. The van der Waals surface area contributed by atoms with Crippen LogP contribution >= 0.6 is 11.6 Å². The lowest BCUT2D eigenvalue weighted by molar-refractivity contribution is 0.0699. The minimum Gasteiger partial charge on any atom is -0.478 e. The molecule has 0 saturated carbocycles. The molecule has 1 aromatic heterocycles. The number of hydrogen-bond acceptors (Lipinski definition) is 4. The maximum Gasteiger partial charge on any atom is 0.336 e. The van der Waals surface area contributed by atoms with Gasteiger partial charge in [0.25, 0.3) is 0 Å². The van der Waals surface area contributed by atoms with Gasteiger partial charge < -0.3 is 10.0 Å². The summed E-state index contributed by atoms with van der Waals surface area (Å²) in [5.41, 5.74) is 3.45. The third-order valence-corrected chi connectivity index (χ3v) is 6.49. The first-order chi connectivity index (χ1) is 16.1. The molecule has 1 atom stereocenters. The van der Waals surface area contributed by atoms with Gasteiger partial charge >= 0.3 is 5.97 Å². The van der Waals surface area contributed by atoms with Crippen LogP contribution in [0.2, 0.25) is 5.02 Å². The average molecular weight is 458 g/mol. The standard InChI is InChI=1S/C27H24ClN3O2/c28-21-12-10-20(11-13-21)26(19-6-2-1-3-7-19)31-16-14-30(15-17-31)25-18-23(27(32)33)22-8-4-5-9-24(22)29-25/h1-13,18,26H,14-17H2,(H,32,33)/t26-/m0/s1. The lowest BCUT2D eigenvalue weighted by Gasteiger charge is -2.40. The van der Waals surface area contributed by atoms with Crippen LogP contribution in [0.15, 0.2) is 84.9 Å². The molecule has 0 amide bonds. The molecule has 1 fully saturated rings. The highest BCUT2D eigenvalue weighted by Gasteiger charge is 2.27. The van der Waals surface area contributed by atoms with E-state index in [1.807, 2.05) is 42.5 Å². The lowest BCUT2D eigenvalue weighted by Crippen LogP contribution is -2.48. The summed E-state index contributed by atoms with van der Waals surface area (Å²) in [6.45, 7) is 3.20. The first-order valence-electron chi connectivity index (χ1n) is 11.0. The molecule has 1 aliphatic heterocycles. The van der Waals surface area contributed by atoms with E-state index >= 15 is 0 Å². The number of aromatic carboxylic acids is 1. The summed E-state index contributed by atoms with van der Waals surface area (Å²) in [5.74, 6) is -0.214. The summed E-state index contributed by atoms with van der Waals surface area (Å²) in [4.78, 5) is 21.3. The first-order valence-corrected chi connectivity index (χ1v) is 11.4. The van der Waals surface area contributed by atoms with Crippen LogP contribution in [-0.4, -0.2) is 47.1 Å². The molecule has 1 saturated heterocycles. The van der Waals surface area contributed by atoms with Gasteiger partial charge in [-0.05, 0) is 35.4 Å². The van der Waals surface area contributed by atoms with E-state index in [0.717, 1.165) is 31.2 Å². The van der Waals surface area contributed by atoms with Crippen molar-refractivity contribution in [1.82, 2.24) is 9.88 Å². The minimum atomic E-state index is -0.930. The maximum atomic E-state index is 11.9. The SMILES string of the molecule is O=C(O)c1cc(N2CCN([C@@H](c3ccccc3)c3ccc(Cl)cc3)CC2)nc2ccccc12. The number of rotatable bonds is 5.